The Morgan fingerprint density at radius 2 is 1.83 bits per heavy atom. The Morgan fingerprint density at radius 1 is 1.08 bits per heavy atom. The van der Waals surface area contributed by atoms with Gasteiger partial charge in [-0.15, -0.1) is 0 Å². The molecule has 126 valence electrons. The van der Waals surface area contributed by atoms with E-state index in [1.807, 2.05) is 0 Å². The van der Waals surface area contributed by atoms with Crippen LogP contribution in [0.15, 0.2) is 42.5 Å². The number of fused-ring (bicyclic) bond motifs is 3. The zero-order valence-electron chi connectivity index (χ0n) is 14.7. The number of carbonyl (C=O) groups is 1. The maximum absolute atomic E-state index is 11.6. The predicted octanol–water partition coefficient (Wildman–Crippen LogP) is 3.38. The lowest BCUT2D eigenvalue weighted by atomic mass is 10.1. The van der Waals surface area contributed by atoms with Crippen LogP contribution >= 0.6 is 0 Å². The lowest BCUT2D eigenvalue weighted by molar-refractivity contribution is -0.128. The van der Waals surface area contributed by atoms with Gasteiger partial charge < -0.3 is 14.8 Å². The first-order valence-corrected chi connectivity index (χ1v) is 8.52. The monoisotopic (exact) mass is 323 g/mol. The third kappa shape index (κ3) is 3.15. The molecule has 0 bridgehead atoms. The number of nitrogens with zero attached hydrogens (tertiary/aromatic N) is 2. The molecule has 3 aromatic rings. The minimum absolute atomic E-state index is 0.156. The van der Waals surface area contributed by atoms with Crippen LogP contribution in [-0.2, 0) is 17.9 Å². The molecular formula is C20H25N3O. The first-order valence-electron chi connectivity index (χ1n) is 8.52. The Labute approximate surface area is 143 Å². The van der Waals surface area contributed by atoms with Gasteiger partial charge in [-0.05, 0) is 30.7 Å². The molecule has 4 nitrogen and oxygen atoms in total. The summed E-state index contributed by atoms with van der Waals surface area (Å²) in [5, 5.41) is 5.97. The fraction of sp³-hybridized carbons (Fsp3) is 0.350. The smallest absolute Gasteiger partial charge is 0.223 e. The van der Waals surface area contributed by atoms with E-state index >= 15 is 0 Å². The highest BCUT2D eigenvalue weighted by molar-refractivity contribution is 6.08. The summed E-state index contributed by atoms with van der Waals surface area (Å²) in [6, 6.07) is 15.2. The summed E-state index contributed by atoms with van der Waals surface area (Å²) in [5.74, 6) is 0.156. The van der Waals surface area contributed by atoms with E-state index in [1.54, 1.807) is 19.0 Å². The van der Waals surface area contributed by atoms with Crippen molar-refractivity contribution in [2.24, 2.45) is 0 Å². The number of rotatable bonds is 6. The quantitative estimate of drug-likeness (QED) is 0.706. The Balaban J connectivity index is 1.79. The first kappa shape index (κ1) is 16.5. The Hall–Kier alpha value is -2.33. The van der Waals surface area contributed by atoms with Gasteiger partial charge in [0.1, 0.15) is 0 Å². The van der Waals surface area contributed by atoms with Crippen LogP contribution in [0.25, 0.3) is 21.8 Å². The van der Waals surface area contributed by atoms with E-state index in [0.29, 0.717) is 13.0 Å². The second-order valence-electron chi connectivity index (χ2n) is 6.33. The van der Waals surface area contributed by atoms with Crippen LogP contribution in [0, 0.1) is 0 Å². The van der Waals surface area contributed by atoms with E-state index < -0.39 is 0 Å². The number of hydrogen-bond acceptors (Lipinski definition) is 2. The summed E-state index contributed by atoms with van der Waals surface area (Å²) in [6.07, 6.45) is 0.532. The SMILES string of the molecule is CCn1c2ccccc2c2cc(CNCCC(=O)N(C)C)ccc21. The van der Waals surface area contributed by atoms with E-state index in [9.17, 15) is 4.79 Å². The molecule has 0 aliphatic carbocycles. The maximum atomic E-state index is 11.6. The van der Waals surface area contributed by atoms with Crippen molar-refractivity contribution >= 4 is 27.7 Å². The summed E-state index contributed by atoms with van der Waals surface area (Å²) < 4.78 is 2.36. The summed E-state index contributed by atoms with van der Waals surface area (Å²) in [7, 11) is 3.58. The van der Waals surface area contributed by atoms with Crippen molar-refractivity contribution in [1.29, 1.82) is 0 Å². The summed E-state index contributed by atoms with van der Waals surface area (Å²) in [4.78, 5) is 13.2. The van der Waals surface area contributed by atoms with E-state index in [0.717, 1.165) is 13.1 Å². The molecule has 0 atom stereocenters. The normalized spacial score (nSPS) is 11.3. The van der Waals surface area contributed by atoms with Crippen LogP contribution < -0.4 is 5.32 Å². The van der Waals surface area contributed by atoms with Crippen molar-refractivity contribution < 1.29 is 4.79 Å². The lowest BCUT2D eigenvalue weighted by Gasteiger charge is -2.10. The van der Waals surface area contributed by atoms with Gasteiger partial charge in [-0.1, -0.05) is 24.3 Å². The minimum atomic E-state index is 0.156. The van der Waals surface area contributed by atoms with Crippen LogP contribution in [0.1, 0.15) is 18.9 Å². The van der Waals surface area contributed by atoms with Crippen LogP contribution in [0.4, 0.5) is 0 Å². The molecule has 1 amide bonds. The number of amides is 1. The largest absolute Gasteiger partial charge is 0.349 e. The van der Waals surface area contributed by atoms with Gasteiger partial charge in [0.15, 0.2) is 0 Å². The van der Waals surface area contributed by atoms with Crippen molar-refractivity contribution in [2.45, 2.75) is 26.4 Å². The third-order valence-corrected chi connectivity index (χ3v) is 4.50. The van der Waals surface area contributed by atoms with Gasteiger partial charge in [0.05, 0.1) is 0 Å². The molecule has 24 heavy (non-hydrogen) atoms. The number of carbonyl (C=O) groups excluding carboxylic acids is 1. The molecule has 0 spiro atoms. The Morgan fingerprint density at radius 3 is 2.58 bits per heavy atom. The molecule has 1 heterocycles. The zero-order chi connectivity index (χ0) is 17.1. The van der Waals surface area contributed by atoms with Crippen LogP contribution in [-0.4, -0.2) is 36.0 Å². The molecule has 1 aromatic heterocycles. The summed E-state index contributed by atoms with van der Waals surface area (Å²) in [5.41, 5.74) is 3.82. The molecule has 0 aliphatic heterocycles. The predicted molar refractivity (Wildman–Crippen MR) is 100 cm³/mol. The molecule has 0 fully saturated rings. The van der Waals surface area contributed by atoms with E-state index in [4.69, 9.17) is 0 Å². The van der Waals surface area contributed by atoms with Crippen LogP contribution in [0.5, 0.6) is 0 Å². The summed E-state index contributed by atoms with van der Waals surface area (Å²) >= 11 is 0. The lowest BCUT2D eigenvalue weighted by Crippen LogP contribution is -2.26. The van der Waals surface area contributed by atoms with Gasteiger partial charge in [-0.2, -0.15) is 0 Å². The van der Waals surface area contributed by atoms with Gasteiger partial charge in [0.2, 0.25) is 5.91 Å². The molecule has 0 unspecified atom stereocenters. The highest BCUT2D eigenvalue weighted by Crippen LogP contribution is 2.29. The number of nitrogens with one attached hydrogen (secondary N) is 1. The van der Waals surface area contributed by atoms with Crippen molar-refractivity contribution in [3.63, 3.8) is 0 Å². The number of para-hydroxylation sites is 1. The van der Waals surface area contributed by atoms with Crippen molar-refractivity contribution in [3.05, 3.63) is 48.0 Å². The van der Waals surface area contributed by atoms with Crippen LogP contribution in [0.3, 0.4) is 0 Å². The molecule has 4 heteroatoms. The van der Waals surface area contributed by atoms with E-state index in [2.05, 4.69) is 59.3 Å². The van der Waals surface area contributed by atoms with Gasteiger partial charge in [0, 0.05) is 62.0 Å². The summed E-state index contributed by atoms with van der Waals surface area (Å²) in [6.45, 7) is 4.63. The minimum Gasteiger partial charge on any atom is -0.349 e. The van der Waals surface area contributed by atoms with Gasteiger partial charge in [-0.3, -0.25) is 4.79 Å². The number of hydrogen-bond donors (Lipinski definition) is 1. The third-order valence-electron chi connectivity index (χ3n) is 4.50. The molecule has 2 aromatic carbocycles. The van der Waals surface area contributed by atoms with E-state index in [-0.39, 0.29) is 5.91 Å². The average molecular weight is 323 g/mol. The molecule has 0 aliphatic rings. The highest BCUT2D eigenvalue weighted by atomic mass is 16.2. The second kappa shape index (κ2) is 7.05. The number of benzene rings is 2. The fourth-order valence-corrected chi connectivity index (χ4v) is 3.20. The molecule has 0 saturated carbocycles. The average Bonchev–Trinajstić information content (AvgIpc) is 2.91. The van der Waals surface area contributed by atoms with Crippen LogP contribution in [0.2, 0.25) is 0 Å². The Bertz CT molecular complexity index is 864. The van der Waals surface area contributed by atoms with Crippen molar-refractivity contribution in [2.75, 3.05) is 20.6 Å². The molecular weight excluding hydrogens is 298 g/mol. The number of aryl methyl sites for hydroxylation is 1. The molecule has 0 radical (unpaired) electrons. The maximum Gasteiger partial charge on any atom is 0.223 e. The fourth-order valence-electron chi connectivity index (χ4n) is 3.20. The number of aromatic nitrogens is 1. The second-order valence-corrected chi connectivity index (χ2v) is 6.33. The van der Waals surface area contributed by atoms with Crippen molar-refractivity contribution in [3.8, 4) is 0 Å². The van der Waals surface area contributed by atoms with Gasteiger partial charge >= 0.3 is 0 Å². The van der Waals surface area contributed by atoms with Gasteiger partial charge in [-0.25, -0.2) is 0 Å². The van der Waals surface area contributed by atoms with Crippen molar-refractivity contribution in [1.82, 2.24) is 14.8 Å². The topological polar surface area (TPSA) is 37.3 Å². The van der Waals surface area contributed by atoms with E-state index in [1.165, 1.54) is 27.4 Å². The molecule has 0 saturated heterocycles. The van der Waals surface area contributed by atoms with Gasteiger partial charge in [0.25, 0.3) is 0 Å². The standard InChI is InChI=1S/C20H25N3O/c1-4-23-18-8-6-5-7-16(18)17-13-15(9-10-19(17)23)14-21-12-11-20(24)22(2)3/h5-10,13,21H,4,11-12,14H2,1-3H3. The highest BCUT2D eigenvalue weighted by Gasteiger charge is 2.09. The first-order chi connectivity index (χ1) is 11.6. The zero-order valence-corrected chi connectivity index (χ0v) is 14.7. The molecule has 1 N–H and O–H groups in total. The Kier molecular flexibility index (Phi) is 4.86. The molecule has 3 rings (SSSR count).